The van der Waals surface area contributed by atoms with Crippen LogP contribution in [0.15, 0.2) is 82.2 Å². The summed E-state index contributed by atoms with van der Waals surface area (Å²) in [6.07, 6.45) is 5.92. The maximum atomic E-state index is 6.29. The second kappa shape index (κ2) is 8.36. The molecule has 3 heteroatoms. The van der Waals surface area contributed by atoms with Crippen molar-refractivity contribution in [2.24, 2.45) is 4.99 Å². The first-order valence-corrected chi connectivity index (χ1v) is 9.89. The molecule has 1 aromatic heterocycles. The van der Waals surface area contributed by atoms with Crippen LogP contribution in [0.3, 0.4) is 0 Å². The van der Waals surface area contributed by atoms with Crippen molar-refractivity contribution in [1.29, 1.82) is 0 Å². The van der Waals surface area contributed by atoms with Crippen LogP contribution in [0.5, 0.6) is 5.75 Å². The lowest BCUT2D eigenvalue weighted by Crippen LogP contribution is -1.99. The summed E-state index contributed by atoms with van der Waals surface area (Å²) in [6, 6.07) is 20.8. The highest BCUT2D eigenvalue weighted by Crippen LogP contribution is 2.36. The molecule has 0 N–H and O–H groups in total. The summed E-state index contributed by atoms with van der Waals surface area (Å²) in [6.45, 7) is 6.60. The number of nitrogens with zero attached hydrogens (tertiary/aromatic N) is 1. The Morgan fingerprint density at radius 2 is 1.83 bits per heavy atom. The molecule has 29 heavy (non-hydrogen) atoms. The maximum absolute atomic E-state index is 6.29. The van der Waals surface area contributed by atoms with Gasteiger partial charge in [0.05, 0.1) is 0 Å². The third-order valence-electron chi connectivity index (χ3n) is 5.05. The summed E-state index contributed by atoms with van der Waals surface area (Å²) in [5, 5.41) is 1.07. The zero-order valence-corrected chi connectivity index (χ0v) is 17.1. The minimum Gasteiger partial charge on any atom is -0.471 e. The molecule has 1 aliphatic heterocycles. The normalized spacial score (nSPS) is 16.7. The van der Waals surface area contributed by atoms with Crippen molar-refractivity contribution in [1.82, 2.24) is 0 Å². The van der Waals surface area contributed by atoms with Crippen molar-refractivity contribution in [2.75, 3.05) is 6.73 Å². The fourth-order valence-electron chi connectivity index (χ4n) is 3.60. The molecule has 2 heterocycles. The molecule has 4 rings (SSSR count). The predicted octanol–water partition coefficient (Wildman–Crippen LogP) is 6.92. The average molecular weight is 383 g/mol. The van der Waals surface area contributed by atoms with Crippen LogP contribution in [0, 0.1) is 13.8 Å². The van der Waals surface area contributed by atoms with E-state index in [0.717, 1.165) is 39.2 Å². The largest absolute Gasteiger partial charge is 0.471 e. The van der Waals surface area contributed by atoms with E-state index < -0.39 is 0 Å². The van der Waals surface area contributed by atoms with Gasteiger partial charge in [-0.05, 0) is 61.4 Å². The molecule has 3 nitrogen and oxygen atoms in total. The number of ether oxygens (including phenoxy) is 1. The zero-order chi connectivity index (χ0) is 20.2. The number of aliphatic imine (C=N–C) groups is 1. The molecular formula is C26H25NO2. The number of hydrogen-bond donors (Lipinski definition) is 0. The number of benzene rings is 2. The fraction of sp³-hybridized carbons (Fsp3) is 0.192. The topological polar surface area (TPSA) is 34.7 Å². The van der Waals surface area contributed by atoms with Gasteiger partial charge in [-0.2, -0.15) is 0 Å². The van der Waals surface area contributed by atoms with Crippen LogP contribution < -0.4 is 4.74 Å². The van der Waals surface area contributed by atoms with Gasteiger partial charge in [0, 0.05) is 28.6 Å². The Kier molecular flexibility index (Phi) is 5.48. The van der Waals surface area contributed by atoms with Crippen LogP contribution in [0.1, 0.15) is 29.7 Å². The van der Waals surface area contributed by atoms with E-state index in [-0.39, 0.29) is 5.92 Å². The Morgan fingerprint density at radius 3 is 2.72 bits per heavy atom. The number of rotatable bonds is 1. The van der Waals surface area contributed by atoms with E-state index in [1.807, 2.05) is 43.3 Å². The minimum atomic E-state index is 0.218. The third kappa shape index (κ3) is 4.24. The molecule has 1 unspecified atom stereocenters. The van der Waals surface area contributed by atoms with Crippen molar-refractivity contribution >= 4 is 17.2 Å². The van der Waals surface area contributed by atoms with Gasteiger partial charge in [0.2, 0.25) is 0 Å². The van der Waals surface area contributed by atoms with Crippen LogP contribution in [0.4, 0.5) is 0 Å². The molecule has 2 aromatic carbocycles. The van der Waals surface area contributed by atoms with E-state index >= 15 is 0 Å². The first kappa shape index (κ1) is 19.0. The molecule has 0 fully saturated rings. The molecule has 0 amide bonds. The molecule has 0 saturated carbocycles. The lowest BCUT2D eigenvalue weighted by atomic mass is 9.93. The van der Waals surface area contributed by atoms with Crippen LogP contribution in [0.2, 0.25) is 0 Å². The van der Waals surface area contributed by atoms with E-state index in [1.165, 1.54) is 5.56 Å². The van der Waals surface area contributed by atoms with Crippen molar-refractivity contribution in [3.05, 3.63) is 89.7 Å². The molecule has 0 radical (unpaired) electrons. The second-order valence-corrected chi connectivity index (χ2v) is 7.39. The van der Waals surface area contributed by atoms with E-state index in [0.29, 0.717) is 6.73 Å². The minimum absolute atomic E-state index is 0.218. The molecule has 0 spiro atoms. The summed E-state index contributed by atoms with van der Waals surface area (Å²) in [4.78, 5) is 4.24. The molecule has 146 valence electrons. The third-order valence-corrected chi connectivity index (χ3v) is 5.05. The number of fused-ring (bicyclic) bond motifs is 2. The van der Waals surface area contributed by atoms with Gasteiger partial charge in [-0.1, -0.05) is 43.3 Å². The molecule has 0 saturated heterocycles. The van der Waals surface area contributed by atoms with Crippen molar-refractivity contribution in [3.63, 3.8) is 0 Å². The van der Waals surface area contributed by atoms with Crippen LogP contribution >= 0.6 is 0 Å². The first-order chi connectivity index (χ1) is 14.1. The molecule has 1 aliphatic rings. The van der Waals surface area contributed by atoms with Crippen molar-refractivity contribution < 1.29 is 9.15 Å². The molecule has 1 atom stereocenters. The standard InChI is InChI=1S/C26H25NO2/c1-18-14-22-10-6-4-5-9-20(3)29-26(22)24(15-18)21-11-12-25-23(16-21)19(2)8-7-13-27-17-28-25/h4-16,19H,17H2,1-3H3/b5-4?,8-7-,10-6?,20-9?,27-13?. The maximum Gasteiger partial charge on any atom is 0.179 e. The highest BCUT2D eigenvalue weighted by molar-refractivity contribution is 5.92. The Morgan fingerprint density at radius 1 is 0.966 bits per heavy atom. The average Bonchev–Trinajstić information content (AvgIpc) is 2.85. The molecule has 0 bridgehead atoms. The second-order valence-electron chi connectivity index (χ2n) is 7.39. The van der Waals surface area contributed by atoms with Crippen LogP contribution in [-0.2, 0) is 0 Å². The van der Waals surface area contributed by atoms with Crippen molar-refractivity contribution in [3.8, 4) is 16.9 Å². The Balaban J connectivity index is 1.97. The summed E-state index contributed by atoms with van der Waals surface area (Å²) < 4.78 is 12.2. The van der Waals surface area contributed by atoms with Crippen LogP contribution in [0.25, 0.3) is 22.1 Å². The van der Waals surface area contributed by atoms with Crippen LogP contribution in [-0.4, -0.2) is 12.9 Å². The summed E-state index contributed by atoms with van der Waals surface area (Å²) in [5.41, 5.74) is 5.40. The number of hydrogen-bond acceptors (Lipinski definition) is 3. The SMILES string of the molecule is Cc1cc(-c2ccc3c(c2)C(C)/C=C\C=NCO3)c2oc(C)cccccc2c1. The van der Waals surface area contributed by atoms with Gasteiger partial charge in [-0.25, -0.2) is 0 Å². The number of allylic oxidation sites excluding steroid dienone is 2. The van der Waals surface area contributed by atoms with Gasteiger partial charge in [-0.15, -0.1) is 0 Å². The Labute approximate surface area is 171 Å². The van der Waals surface area contributed by atoms with Gasteiger partial charge < -0.3 is 9.15 Å². The van der Waals surface area contributed by atoms with Gasteiger partial charge >= 0.3 is 0 Å². The summed E-state index contributed by atoms with van der Waals surface area (Å²) >= 11 is 0. The molecule has 0 aliphatic carbocycles. The molecule has 3 aromatic rings. The van der Waals surface area contributed by atoms with E-state index in [2.05, 4.69) is 55.2 Å². The monoisotopic (exact) mass is 383 g/mol. The van der Waals surface area contributed by atoms with Crippen molar-refractivity contribution in [2.45, 2.75) is 26.7 Å². The first-order valence-electron chi connectivity index (χ1n) is 9.89. The lowest BCUT2D eigenvalue weighted by molar-refractivity contribution is 0.328. The smallest absolute Gasteiger partial charge is 0.179 e. The van der Waals surface area contributed by atoms with Gasteiger partial charge in [0.1, 0.15) is 17.1 Å². The summed E-state index contributed by atoms with van der Waals surface area (Å²) in [7, 11) is 0. The molecular weight excluding hydrogens is 358 g/mol. The van der Waals surface area contributed by atoms with E-state index in [1.54, 1.807) is 6.21 Å². The number of aryl methyl sites for hydroxylation is 2. The van der Waals surface area contributed by atoms with Gasteiger partial charge in [-0.3, -0.25) is 4.99 Å². The van der Waals surface area contributed by atoms with Gasteiger partial charge in [0.15, 0.2) is 6.73 Å². The van der Waals surface area contributed by atoms with Gasteiger partial charge in [0.25, 0.3) is 0 Å². The Hall–Kier alpha value is -3.33. The highest BCUT2D eigenvalue weighted by atomic mass is 16.5. The zero-order valence-electron chi connectivity index (χ0n) is 17.1. The summed E-state index contributed by atoms with van der Waals surface area (Å²) in [5.74, 6) is 1.95. The van der Waals surface area contributed by atoms with E-state index in [9.17, 15) is 0 Å². The van der Waals surface area contributed by atoms with E-state index in [4.69, 9.17) is 9.15 Å². The highest BCUT2D eigenvalue weighted by Gasteiger charge is 2.14. The quantitative estimate of drug-likeness (QED) is 0.457. The lowest BCUT2D eigenvalue weighted by Gasteiger charge is -2.16. The Bertz CT molecular complexity index is 1150. The predicted molar refractivity (Wildman–Crippen MR) is 120 cm³/mol. The fourth-order valence-corrected chi connectivity index (χ4v) is 3.60.